The van der Waals surface area contributed by atoms with Crippen molar-refractivity contribution in [3.05, 3.63) is 84.5 Å². The average Bonchev–Trinajstić information content (AvgIpc) is 2.79. The summed E-state index contributed by atoms with van der Waals surface area (Å²) in [5.41, 5.74) is 1.99. The predicted molar refractivity (Wildman–Crippen MR) is 129 cm³/mol. The molecule has 4 rings (SSSR count). The molecule has 0 aliphatic carbocycles. The summed E-state index contributed by atoms with van der Waals surface area (Å²) in [5.74, 6) is 1.21. The fraction of sp³-hybridized carbons (Fsp3) is 0.0417. The van der Waals surface area contributed by atoms with Gasteiger partial charge in [-0.2, -0.15) is 4.98 Å². The molecule has 1 heterocycles. The fourth-order valence-corrected chi connectivity index (χ4v) is 3.46. The molecule has 3 aromatic carbocycles. The van der Waals surface area contributed by atoms with Crippen molar-refractivity contribution in [2.45, 2.75) is 0 Å². The number of nitrogens with one attached hydrogen (secondary N) is 3. The van der Waals surface area contributed by atoms with Crippen LogP contribution in [0.25, 0.3) is 10.8 Å². The zero-order valence-corrected chi connectivity index (χ0v) is 18.0. The van der Waals surface area contributed by atoms with E-state index in [0.717, 1.165) is 16.5 Å². The van der Waals surface area contributed by atoms with Gasteiger partial charge in [0.1, 0.15) is 11.6 Å². The highest BCUT2D eigenvalue weighted by molar-refractivity contribution is 6.35. The molecule has 1 amide bonds. The highest BCUT2D eigenvalue weighted by Gasteiger charge is 2.09. The van der Waals surface area contributed by atoms with Gasteiger partial charge in [-0.1, -0.05) is 42.4 Å². The van der Waals surface area contributed by atoms with Gasteiger partial charge in [-0.15, -0.1) is 0 Å². The Labute approximate surface area is 190 Å². The summed E-state index contributed by atoms with van der Waals surface area (Å²) in [7, 11) is 1.56. The van der Waals surface area contributed by atoms with Crippen LogP contribution >= 0.6 is 11.6 Å². The number of aromatic nitrogens is 2. The summed E-state index contributed by atoms with van der Waals surface area (Å²) in [5, 5.41) is 11.8. The highest BCUT2D eigenvalue weighted by Crippen LogP contribution is 2.31. The van der Waals surface area contributed by atoms with Crippen molar-refractivity contribution in [3.63, 3.8) is 0 Å². The molecular weight excluding hydrogens is 426 g/mol. The van der Waals surface area contributed by atoms with E-state index in [0.29, 0.717) is 33.9 Å². The van der Waals surface area contributed by atoms with E-state index in [1.807, 2.05) is 36.4 Å². The SMILES string of the molecule is C=CC(=O)Nc1ccc(OC)c(Nc2nccc(Nc3cc(Cl)c4ccccc4c3)n2)c1. The summed E-state index contributed by atoms with van der Waals surface area (Å²) >= 11 is 6.43. The molecule has 160 valence electrons. The zero-order valence-electron chi connectivity index (χ0n) is 17.2. The Balaban J connectivity index is 1.58. The van der Waals surface area contributed by atoms with Gasteiger partial charge >= 0.3 is 0 Å². The number of benzene rings is 3. The monoisotopic (exact) mass is 445 g/mol. The number of ether oxygens (including phenoxy) is 1. The van der Waals surface area contributed by atoms with Crippen molar-refractivity contribution >= 4 is 57.1 Å². The molecule has 0 aliphatic heterocycles. The number of carbonyl (C=O) groups excluding carboxylic acids is 1. The minimum absolute atomic E-state index is 0.308. The molecule has 7 nitrogen and oxygen atoms in total. The number of methoxy groups -OCH3 is 1. The Morgan fingerprint density at radius 2 is 1.91 bits per heavy atom. The predicted octanol–water partition coefficient (Wildman–Crippen LogP) is 5.90. The topological polar surface area (TPSA) is 88.2 Å². The molecule has 0 saturated carbocycles. The largest absolute Gasteiger partial charge is 0.495 e. The van der Waals surface area contributed by atoms with E-state index in [1.54, 1.807) is 37.6 Å². The molecule has 0 saturated heterocycles. The van der Waals surface area contributed by atoms with Crippen LogP contribution in [0.2, 0.25) is 5.02 Å². The van der Waals surface area contributed by atoms with Crippen molar-refractivity contribution in [2.24, 2.45) is 0 Å². The highest BCUT2D eigenvalue weighted by atomic mass is 35.5. The number of amides is 1. The Hall–Kier alpha value is -4.10. The maximum atomic E-state index is 11.6. The number of anilines is 5. The third-order valence-corrected chi connectivity index (χ3v) is 4.95. The van der Waals surface area contributed by atoms with E-state index in [-0.39, 0.29) is 5.91 Å². The molecule has 8 heteroatoms. The Morgan fingerprint density at radius 3 is 2.72 bits per heavy atom. The Bertz CT molecular complexity index is 1310. The number of nitrogens with zero attached hydrogens (tertiary/aromatic N) is 2. The Morgan fingerprint density at radius 1 is 1.06 bits per heavy atom. The van der Waals surface area contributed by atoms with Crippen molar-refractivity contribution in [1.82, 2.24) is 9.97 Å². The van der Waals surface area contributed by atoms with Crippen LogP contribution in [0.1, 0.15) is 0 Å². The van der Waals surface area contributed by atoms with Crippen LogP contribution in [-0.4, -0.2) is 23.0 Å². The van der Waals surface area contributed by atoms with Crippen molar-refractivity contribution < 1.29 is 9.53 Å². The second-order valence-electron chi connectivity index (χ2n) is 6.80. The maximum Gasteiger partial charge on any atom is 0.247 e. The number of halogens is 1. The second kappa shape index (κ2) is 9.36. The lowest BCUT2D eigenvalue weighted by molar-refractivity contribution is -0.111. The summed E-state index contributed by atoms with van der Waals surface area (Å²) in [6.45, 7) is 3.46. The van der Waals surface area contributed by atoms with Gasteiger partial charge in [0, 0.05) is 23.0 Å². The van der Waals surface area contributed by atoms with E-state index in [2.05, 4.69) is 32.5 Å². The third kappa shape index (κ3) is 4.79. The van der Waals surface area contributed by atoms with Crippen LogP contribution in [0, 0.1) is 0 Å². The summed E-state index contributed by atoms with van der Waals surface area (Å²) < 4.78 is 5.40. The molecule has 0 unspecified atom stereocenters. The average molecular weight is 446 g/mol. The lowest BCUT2D eigenvalue weighted by Gasteiger charge is -2.13. The Kier molecular flexibility index (Phi) is 6.19. The lowest BCUT2D eigenvalue weighted by atomic mass is 10.1. The van der Waals surface area contributed by atoms with E-state index < -0.39 is 0 Å². The molecule has 4 aromatic rings. The van der Waals surface area contributed by atoms with Crippen LogP contribution in [0.5, 0.6) is 5.75 Å². The second-order valence-corrected chi connectivity index (χ2v) is 7.21. The van der Waals surface area contributed by atoms with Gasteiger partial charge < -0.3 is 20.7 Å². The minimum atomic E-state index is -0.308. The van der Waals surface area contributed by atoms with Crippen LogP contribution in [-0.2, 0) is 4.79 Å². The quantitative estimate of drug-likeness (QED) is 0.307. The van der Waals surface area contributed by atoms with Gasteiger partial charge in [-0.05, 0) is 47.9 Å². The van der Waals surface area contributed by atoms with Gasteiger partial charge in [-0.25, -0.2) is 4.98 Å². The van der Waals surface area contributed by atoms with E-state index in [9.17, 15) is 4.79 Å². The van der Waals surface area contributed by atoms with Crippen LogP contribution in [0.4, 0.5) is 28.8 Å². The smallest absolute Gasteiger partial charge is 0.247 e. The van der Waals surface area contributed by atoms with Crippen LogP contribution in [0.15, 0.2) is 79.5 Å². The maximum absolute atomic E-state index is 11.6. The van der Waals surface area contributed by atoms with Crippen LogP contribution in [0.3, 0.4) is 0 Å². The molecule has 32 heavy (non-hydrogen) atoms. The first-order valence-electron chi connectivity index (χ1n) is 9.72. The number of carbonyl (C=O) groups is 1. The van der Waals surface area contributed by atoms with Crippen molar-refractivity contribution in [1.29, 1.82) is 0 Å². The number of hydrogen-bond donors (Lipinski definition) is 3. The van der Waals surface area contributed by atoms with Gasteiger partial charge in [-0.3, -0.25) is 4.79 Å². The molecule has 0 atom stereocenters. The third-order valence-electron chi connectivity index (χ3n) is 4.64. The van der Waals surface area contributed by atoms with Gasteiger partial charge in [0.2, 0.25) is 11.9 Å². The van der Waals surface area contributed by atoms with Gasteiger partial charge in [0.15, 0.2) is 0 Å². The number of rotatable bonds is 7. The summed E-state index contributed by atoms with van der Waals surface area (Å²) in [6, 6.07) is 18.7. The summed E-state index contributed by atoms with van der Waals surface area (Å²) in [6.07, 6.45) is 2.84. The number of fused-ring (bicyclic) bond motifs is 1. The molecule has 0 bridgehead atoms. The molecule has 0 spiro atoms. The van der Waals surface area contributed by atoms with Crippen LogP contribution < -0.4 is 20.7 Å². The first kappa shape index (κ1) is 21.1. The fourth-order valence-electron chi connectivity index (χ4n) is 3.17. The van der Waals surface area contributed by atoms with Crippen molar-refractivity contribution in [3.8, 4) is 5.75 Å². The molecule has 0 aliphatic rings. The summed E-state index contributed by atoms with van der Waals surface area (Å²) in [4.78, 5) is 20.4. The minimum Gasteiger partial charge on any atom is -0.495 e. The van der Waals surface area contributed by atoms with Gasteiger partial charge in [0.05, 0.1) is 17.8 Å². The first-order valence-corrected chi connectivity index (χ1v) is 10.1. The van der Waals surface area contributed by atoms with Crippen molar-refractivity contribution in [2.75, 3.05) is 23.1 Å². The first-order chi connectivity index (χ1) is 15.6. The molecule has 1 aromatic heterocycles. The molecule has 3 N–H and O–H groups in total. The normalized spacial score (nSPS) is 10.4. The lowest BCUT2D eigenvalue weighted by Crippen LogP contribution is -2.08. The standard InChI is InChI=1S/C24H20ClN5O2/c1-3-23(31)28-16-8-9-21(32-2)20(14-16)29-24-26-11-10-22(30-24)27-17-12-15-6-4-5-7-18(15)19(25)13-17/h3-14H,1H2,2H3,(H,28,31)(H2,26,27,29,30). The number of hydrogen-bond acceptors (Lipinski definition) is 6. The van der Waals surface area contributed by atoms with E-state index >= 15 is 0 Å². The van der Waals surface area contributed by atoms with E-state index in [4.69, 9.17) is 16.3 Å². The van der Waals surface area contributed by atoms with Gasteiger partial charge in [0.25, 0.3) is 0 Å². The zero-order chi connectivity index (χ0) is 22.5. The van der Waals surface area contributed by atoms with E-state index in [1.165, 1.54) is 6.08 Å². The molecule has 0 fully saturated rings. The molecular formula is C24H20ClN5O2. The molecule has 0 radical (unpaired) electrons.